The molecule has 0 aliphatic heterocycles. The second-order valence-corrected chi connectivity index (χ2v) is 5.47. The van der Waals surface area contributed by atoms with Gasteiger partial charge in [-0.1, -0.05) is 6.07 Å². The van der Waals surface area contributed by atoms with Crippen LogP contribution in [0.3, 0.4) is 0 Å². The summed E-state index contributed by atoms with van der Waals surface area (Å²) >= 11 is 0. The molecule has 0 fully saturated rings. The Kier molecular flexibility index (Phi) is 4.70. The Morgan fingerprint density at radius 1 is 1.08 bits per heavy atom. The van der Waals surface area contributed by atoms with Crippen molar-refractivity contribution in [3.05, 3.63) is 64.1 Å². The summed E-state index contributed by atoms with van der Waals surface area (Å²) in [5, 5.41) is 2.60. The maximum Gasteiger partial charge on any atom is 0.416 e. The molecule has 2 aromatic carbocycles. The second kappa shape index (κ2) is 6.95. The van der Waals surface area contributed by atoms with E-state index in [0.29, 0.717) is 16.6 Å². The first-order chi connectivity index (χ1) is 12.3. The number of rotatable bonds is 5. The number of nitrogens with one attached hydrogen (secondary N) is 3. The van der Waals surface area contributed by atoms with E-state index in [0.717, 1.165) is 12.1 Å². The molecule has 6 nitrogen and oxygen atoms in total. The van der Waals surface area contributed by atoms with E-state index in [-0.39, 0.29) is 30.5 Å². The van der Waals surface area contributed by atoms with Gasteiger partial charge in [-0.2, -0.15) is 13.2 Å². The number of H-pyrrole nitrogens is 2. The van der Waals surface area contributed by atoms with Crippen LogP contribution >= 0.6 is 0 Å². The summed E-state index contributed by atoms with van der Waals surface area (Å²) in [6.07, 6.45) is -4.44. The quantitative estimate of drug-likeness (QED) is 0.608. The predicted molar refractivity (Wildman–Crippen MR) is 88.2 cm³/mol. The van der Waals surface area contributed by atoms with Crippen LogP contribution in [-0.4, -0.2) is 29.0 Å². The lowest BCUT2D eigenvalue weighted by Crippen LogP contribution is -2.28. The topological polar surface area (TPSA) is 87.0 Å². The lowest BCUT2D eigenvalue weighted by Gasteiger charge is -2.10. The number of fused-ring (bicyclic) bond motifs is 1. The van der Waals surface area contributed by atoms with Crippen LogP contribution in [0, 0.1) is 0 Å². The normalized spacial score (nSPS) is 11.5. The third-order valence-electron chi connectivity index (χ3n) is 3.60. The highest BCUT2D eigenvalue weighted by Crippen LogP contribution is 2.31. The van der Waals surface area contributed by atoms with Crippen LogP contribution in [-0.2, 0) is 6.18 Å². The highest BCUT2D eigenvalue weighted by Gasteiger charge is 2.30. The number of carbonyl (C=O) groups excluding carboxylic acids is 1. The van der Waals surface area contributed by atoms with Crippen LogP contribution in [0.1, 0.15) is 15.9 Å². The Hall–Kier alpha value is -3.23. The van der Waals surface area contributed by atoms with Crippen molar-refractivity contribution in [1.82, 2.24) is 15.3 Å². The molecular formula is C17H14F3N3O3. The van der Waals surface area contributed by atoms with Gasteiger partial charge in [0.25, 0.3) is 5.91 Å². The van der Waals surface area contributed by atoms with Crippen LogP contribution < -0.4 is 15.7 Å². The Morgan fingerprint density at radius 2 is 1.85 bits per heavy atom. The van der Waals surface area contributed by atoms with Gasteiger partial charge in [-0.3, -0.25) is 4.79 Å². The highest BCUT2D eigenvalue weighted by atomic mass is 19.4. The fraction of sp³-hybridized carbons (Fsp3) is 0.176. The molecule has 0 spiro atoms. The van der Waals surface area contributed by atoms with Gasteiger partial charge in [-0.25, -0.2) is 4.79 Å². The van der Waals surface area contributed by atoms with Gasteiger partial charge in [0.2, 0.25) is 0 Å². The minimum Gasteiger partial charge on any atom is -0.492 e. The van der Waals surface area contributed by atoms with Crippen LogP contribution in [0.2, 0.25) is 0 Å². The number of hydrogen-bond donors (Lipinski definition) is 3. The first kappa shape index (κ1) is 17.6. The zero-order valence-electron chi connectivity index (χ0n) is 13.3. The summed E-state index contributed by atoms with van der Waals surface area (Å²) in [5.74, 6) is -0.318. The van der Waals surface area contributed by atoms with Gasteiger partial charge >= 0.3 is 11.9 Å². The average Bonchev–Trinajstić information content (AvgIpc) is 2.97. The van der Waals surface area contributed by atoms with Gasteiger partial charge in [0.1, 0.15) is 12.4 Å². The second-order valence-electron chi connectivity index (χ2n) is 5.47. The molecule has 0 radical (unpaired) electrons. The Balaban J connectivity index is 1.54. The van der Waals surface area contributed by atoms with Gasteiger partial charge in [-0.05, 0) is 36.4 Å². The van der Waals surface area contributed by atoms with Crippen molar-refractivity contribution < 1.29 is 22.7 Å². The monoisotopic (exact) mass is 365 g/mol. The number of ether oxygens (including phenoxy) is 1. The lowest BCUT2D eigenvalue weighted by atomic mass is 10.2. The fourth-order valence-corrected chi connectivity index (χ4v) is 2.37. The largest absolute Gasteiger partial charge is 0.492 e. The Bertz CT molecular complexity index is 992. The van der Waals surface area contributed by atoms with E-state index in [1.165, 1.54) is 18.2 Å². The first-order valence-corrected chi connectivity index (χ1v) is 7.63. The Morgan fingerprint density at radius 3 is 2.62 bits per heavy atom. The Labute approximate surface area is 145 Å². The summed E-state index contributed by atoms with van der Waals surface area (Å²) in [4.78, 5) is 28.4. The summed E-state index contributed by atoms with van der Waals surface area (Å²) in [6.45, 7) is 0.118. The molecule has 3 N–H and O–H groups in total. The standard InChI is InChI=1S/C17H14F3N3O3/c18-17(19,20)11-2-1-3-12(9-11)26-7-6-21-15(24)10-4-5-13-14(8-10)23-16(25)22-13/h1-5,8-9H,6-7H2,(H,21,24)(H2,22,23,25). The van der Waals surface area contributed by atoms with Crippen molar-refractivity contribution in [3.63, 3.8) is 0 Å². The molecule has 1 heterocycles. The molecule has 0 saturated heterocycles. The number of benzene rings is 2. The molecule has 3 aromatic rings. The molecule has 0 unspecified atom stereocenters. The van der Waals surface area contributed by atoms with Crippen molar-refractivity contribution in [3.8, 4) is 5.75 Å². The average molecular weight is 365 g/mol. The lowest BCUT2D eigenvalue weighted by molar-refractivity contribution is -0.137. The van der Waals surface area contributed by atoms with Crippen LogP contribution in [0.4, 0.5) is 13.2 Å². The van der Waals surface area contributed by atoms with Crippen molar-refractivity contribution >= 4 is 16.9 Å². The minimum absolute atomic E-state index is 0.0102. The smallest absolute Gasteiger partial charge is 0.416 e. The van der Waals surface area contributed by atoms with Gasteiger partial charge in [0.05, 0.1) is 23.1 Å². The molecule has 0 atom stereocenters. The van der Waals surface area contributed by atoms with Crippen molar-refractivity contribution in [2.24, 2.45) is 0 Å². The van der Waals surface area contributed by atoms with Crippen molar-refractivity contribution in [2.45, 2.75) is 6.18 Å². The summed E-state index contributed by atoms with van der Waals surface area (Å²) in [7, 11) is 0. The molecule has 26 heavy (non-hydrogen) atoms. The number of amides is 1. The number of imidazole rings is 1. The van der Waals surface area contributed by atoms with Crippen LogP contribution in [0.15, 0.2) is 47.3 Å². The zero-order valence-corrected chi connectivity index (χ0v) is 13.3. The molecule has 136 valence electrons. The molecule has 0 aliphatic carbocycles. The van der Waals surface area contributed by atoms with Gasteiger partial charge < -0.3 is 20.0 Å². The van der Waals surface area contributed by atoms with E-state index in [1.54, 1.807) is 12.1 Å². The third-order valence-corrected chi connectivity index (χ3v) is 3.60. The summed E-state index contributed by atoms with van der Waals surface area (Å²) in [6, 6.07) is 9.19. The molecule has 9 heteroatoms. The van der Waals surface area contributed by atoms with Crippen molar-refractivity contribution in [1.29, 1.82) is 0 Å². The van der Waals surface area contributed by atoms with Crippen LogP contribution in [0.5, 0.6) is 5.75 Å². The number of alkyl halides is 3. The fourth-order valence-electron chi connectivity index (χ4n) is 2.37. The molecule has 0 aliphatic rings. The number of carbonyl (C=O) groups is 1. The highest BCUT2D eigenvalue weighted by molar-refractivity contribution is 5.97. The maximum atomic E-state index is 12.6. The maximum absolute atomic E-state index is 12.6. The molecular weight excluding hydrogens is 351 g/mol. The molecule has 0 saturated carbocycles. The van der Waals surface area contributed by atoms with Crippen molar-refractivity contribution in [2.75, 3.05) is 13.2 Å². The van der Waals surface area contributed by atoms with E-state index in [9.17, 15) is 22.8 Å². The number of hydrogen-bond acceptors (Lipinski definition) is 3. The van der Waals surface area contributed by atoms with Gasteiger partial charge in [0, 0.05) is 5.56 Å². The van der Waals surface area contributed by atoms with E-state index < -0.39 is 11.7 Å². The minimum atomic E-state index is -4.44. The van der Waals surface area contributed by atoms with Gasteiger partial charge in [0.15, 0.2) is 0 Å². The van der Waals surface area contributed by atoms with E-state index >= 15 is 0 Å². The van der Waals surface area contributed by atoms with E-state index in [2.05, 4.69) is 15.3 Å². The van der Waals surface area contributed by atoms with Gasteiger partial charge in [-0.15, -0.1) is 0 Å². The first-order valence-electron chi connectivity index (χ1n) is 7.63. The predicted octanol–water partition coefficient (Wildman–Crippen LogP) is 2.68. The zero-order chi connectivity index (χ0) is 18.7. The van der Waals surface area contributed by atoms with E-state index in [4.69, 9.17) is 4.74 Å². The van der Waals surface area contributed by atoms with Crippen LogP contribution in [0.25, 0.3) is 11.0 Å². The van der Waals surface area contributed by atoms with E-state index in [1.807, 2.05) is 0 Å². The molecule has 1 amide bonds. The molecule has 3 rings (SSSR count). The summed E-state index contributed by atoms with van der Waals surface area (Å²) < 4.78 is 43.1. The SMILES string of the molecule is O=C(NCCOc1cccc(C(F)(F)F)c1)c1ccc2[nH]c(=O)[nH]c2c1. The molecule has 1 aromatic heterocycles. The number of halogens is 3. The third kappa shape index (κ3) is 4.05. The summed E-state index contributed by atoms with van der Waals surface area (Å²) in [5.41, 5.74) is 0.258. The number of aromatic amines is 2. The molecule has 0 bridgehead atoms. The number of aromatic nitrogens is 2.